The van der Waals surface area contributed by atoms with Crippen molar-refractivity contribution in [2.75, 3.05) is 0 Å². The number of hydrogen-bond donors (Lipinski definition) is 1. The molecule has 0 spiro atoms. The van der Waals surface area contributed by atoms with E-state index >= 15 is 0 Å². The van der Waals surface area contributed by atoms with Gasteiger partial charge in [0.15, 0.2) is 0 Å². The molecule has 0 aromatic carbocycles. The van der Waals surface area contributed by atoms with E-state index in [4.69, 9.17) is 11.1 Å². The fourth-order valence-electron chi connectivity index (χ4n) is 0. The molecule has 0 saturated carbocycles. The molecule has 0 aromatic rings. The Hall–Kier alpha value is 0.223. The first kappa shape index (κ1) is 29.3. The molecule has 0 aromatic heterocycles. The summed E-state index contributed by atoms with van der Waals surface area (Å²) in [5.74, 6) is 0. The van der Waals surface area contributed by atoms with Crippen molar-refractivity contribution in [2.24, 2.45) is 0 Å². The Morgan fingerprint density at radius 2 is 1.25 bits per heavy atom. The molecule has 0 aliphatic carbocycles. The van der Waals surface area contributed by atoms with Crippen LogP contribution in [0.5, 0.6) is 0 Å². The fourth-order valence-corrected chi connectivity index (χ4v) is 0. The Bertz CT molecular complexity index is 6.00. The van der Waals surface area contributed by atoms with Gasteiger partial charge in [0.1, 0.15) is 0 Å². The van der Waals surface area contributed by atoms with Gasteiger partial charge in [-0.05, 0) is 0 Å². The van der Waals surface area contributed by atoms with Crippen LogP contribution in [0.3, 0.4) is 0 Å². The van der Waals surface area contributed by atoms with Crippen LogP contribution in [0.25, 0.3) is 5.53 Å². The van der Waals surface area contributed by atoms with Crippen LogP contribution in [0.4, 0.5) is 0 Å². The Labute approximate surface area is 38.7 Å². The van der Waals surface area contributed by atoms with Gasteiger partial charge in [-0.2, -0.15) is 0 Å². The average Bonchev–Trinajstić information content (AvgIpc) is 1.00. The third-order valence-corrected chi connectivity index (χ3v) is 0. The van der Waals surface area contributed by atoms with Crippen LogP contribution >= 0.6 is 0 Å². The molecule has 0 radical (unpaired) electrons. The molecule has 0 unspecified atom stereocenters. The van der Waals surface area contributed by atoms with Gasteiger partial charge in [0.2, 0.25) is 0 Å². The molecule has 0 aliphatic rings. The Kier molecular flexibility index (Phi) is 2340. The first-order valence-corrected chi connectivity index (χ1v) is 0.224. The monoisotopic (exact) mass is 108 g/mol. The maximum absolute atomic E-state index is 6.25. The molecule has 2 nitrogen and oxygen atoms in total. The molecule has 0 amide bonds. The van der Waals surface area contributed by atoms with E-state index in [2.05, 4.69) is 0 Å². The van der Waals surface area contributed by atoms with E-state index in [0.29, 0.717) is 0 Å². The zero-order chi connectivity index (χ0) is 2.00. The van der Waals surface area contributed by atoms with Crippen molar-refractivity contribution < 1.29 is 19.5 Å². The van der Waals surface area contributed by atoms with Crippen molar-refractivity contribution in [1.82, 2.24) is 0 Å². The van der Waals surface area contributed by atoms with Crippen molar-refractivity contribution in [1.29, 1.82) is 5.53 Å². The first-order chi connectivity index (χ1) is 1.00. The van der Waals surface area contributed by atoms with Crippen molar-refractivity contribution in [3.8, 4) is 0 Å². The van der Waals surface area contributed by atoms with Crippen LogP contribution < -0.4 is 0 Å². The van der Waals surface area contributed by atoms with E-state index in [0.717, 1.165) is 0 Å². The van der Waals surface area contributed by atoms with Gasteiger partial charge in [0.25, 0.3) is 0 Å². The SMILES string of the molecule is [CH3-].[N-]=N.[Zn+2]. The van der Waals surface area contributed by atoms with E-state index < -0.39 is 0 Å². The maximum Gasteiger partial charge on any atom is 2.00 e. The molecule has 0 heterocycles. The Morgan fingerprint density at radius 1 is 1.25 bits per heavy atom. The van der Waals surface area contributed by atoms with Gasteiger partial charge in [-0.25, -0.2) is 0 Å². The third kappa shape index (κ3) is 66.7. The number of hydrogen-bond acceptors (Lipinski definition) is 1. The second-order valence-corrected chi connectivity index (χ2v) is 0. The summed E-state index contributed by atoms with van der Waals surface area (Å²) in [6.45, 7) is 0. The van der Waals surface area contributed by atoms with E-state index in [-0.39, 0.29) is 26.9 Å². The Balaban J connectivity index is -0.00000000500. The summed E-state index contributed by atoms with van der Waals surface area (Å²) in [6.07, 6.45) is 0. The fraction of sp³-hybridized carbons (Fsp3) is 0. The largest absolute Gasteiger partial charge is 2.00 e. The molecule has 0 saturated heterocycles. The van der Waals surface area contributed by atoms with Gasteiger partial charge in [-0.1, -0.05) is 0 Å². The quantitative estimate of drug-likeness (QED) is 0.274. The first-order valence-electron chi connectivity index (χ1n) is 0.224. The minimum atomic E-state index is 0. The van der Waals surface area contributed by atoms with Crippen LogP contribution in [-0.4, -0.2) is 0 Å². The molecular weight excluding hydrogens is 105 g/mol. The van der Waals surface area contributed by atoms with Crippen molar-refractivity contribution in [3.05, 3.63) is 13.0 Å². The van der Waals surface area contributed by atoms with E-state index in [1.165, 1.54) is 0 Å². The van der Waals surface area contributed by atoms with Gasteiger partial charge in [0.05, 0.1) is 0 Å². The third-order valence-electron chi connectivity index (χ3n) is 0. The molecule has 4 heavy (non-hydrogen) atoms. The smallest absolute Gasteiger partial charge is 0.715 e. The maximum atomic E-state index is 6.25. The number of rotatable bonds is 0. The average molecular weight is 109 g/mol. The number of nitrogens with one attached hydrogen (secondary N) is 1. The predicted molar refractivity (Wildman–Crippen MR) is 12.5 cm³/mol. The molecule has 0 rings (SSSR count). The zero-order valence-electron chi connectivity index (χ0n) is 2.65. The molecule has 0 bridgehead atoms. The van der Waals surface area contributed by atoms with Gasteiger partial charge >= 0.3 is 19.5 Å². The standard InChI is InChI=1S/CH3.HN2.Zn/c;1-2;/h1H3;1H;/q2*-1;+2. The van der Waals surface area contributed by atoms with Crippen molar-refractivity contribution in [3.63, 3.8) is 0 Å². The second-order valence-electron chi connectivity index (χ2n) is 0. The topological polar surface area (TPSA) is 46.2 Å². The molecule has 3 heteroatoms. The van der Waals surface area contributed by atoms with Crippen molar-refractivity contribution in [2.45, 2.75) is 0 Å². The summed E-state index contributed by atoms with van der Waals surface area (Å²) in [4.78, 5) is 0. The molecular formula is CH4N2Zn. The molecule has 20 valence electrons. The van der Waals surface area contributed by atoms with Gasteiger partial charge in [0, 0.05) is 0 Å². The van der Waals surface area contributed by atoms with Crippen LogP contribution in [0, 0.1) is 13.0 Å². The number of nitrogens with zero attached hydrogens (tertiary/aromatic N) is 1. The van der Waals surface area contributed by atoms with E-state index in [9.17, 15) is 0 Å². The summed E-state index contributed by atoms with van der Waals surface area (Å²) in [6, 6.07) is 0. The normalized spacial score (nSPS) is 1.00. The summed E-state index contributed by atoms with van der Waals surface area (Å²) < 4.78 is 0. The van der Waals surface area contributed by atoms with Gasteiger partial charge in [-0.15, -0.1) is 0 Å². The second kappa shape index (κ2) is 319. The van der Waals surface area contributed by atoms with Gasteiger partial charge < -0.3 is 18.5 Å². The minimum Gasteiger partial charge on any atom is -0.715 e. The van der Waals surface area contributed by atoms with E-state index in [1.807, 2.05) is 0 Å². The Morgan fingerprint density at radius 3 is 1.25 bits per heavy atom. The van der Waals surface area contributed by atoms with Crippen LogP contribution in [0.1, 0.15) is 0 Å². The van der Waals surface area contributed by atoms with Crippen LogP contribution in [0.2, 0.25) is 0 Å². The summed E-state index contributed by atoms with van der Waals surface area (Å²) >= 11 is 0. The summed E-state index contributed by atoms with van der Waals surface area (Å²) in [5.41, 5.74) is 11.0. The minimum absolute atomic E-state index is 0. The molecule has 0 fully saturated rings. The molecule has 0 aliphatic heterocycles. The van der Waals surface area contributed by atoms with Gasteiger partial charge in [-0.3, -0.25) is 0 Å². The van der Waals surface area contributed by atoms with E-state index in [1.54, 1.807) is 0 Å². The zero-order valence-corrected chi connectivity index (χ0v) is 5.62. The molecule has 1 N–H and O–H groups in total. The molecule has 0 atom stereocenters. The predicted octanol–water partition coefficient (Wildman–Crippen LogP) is 1.03. The van der Waals surface area contributed by atoms with Crippen molar-refractivity contribution >= 4 is 0 Å². The van der Waals surface area contributed by atoms with Crippen LogP contribution in [-0.2, 0) is 19.5 Å². The summed E-state index contributed by atoms with van der Waals surface area (Å²) in [7, 11) is 0. The summed E-state index contributed by atoms with van der Waals surface area (Å²) in [5, 5.41) is 0. The van der Waals surface area contributed by atoms with Crippen LogP contribution in [0.15, 0.2) is 0 Å².